The van der Waals surface area contributed by atoms with E-state index < -0.39 is 5.60 Å². The summed E-state index contributed by atoms with van der Waals surface area (Å²) in [6, 6.07) is 8.58. The number of aromatic nitrogens is 1. The molecule has 31 heavy (non-hydrogen) atoms. The Bertz CT molecular complexity index is 982. The lowest BCUT2D eigenvalue weighted by Gasteiger charge is -2.26. The molecule has 0 radical (unpaired) electrons. The number of benzene rings is 1. The number of nitrogens with one attached hydrogen (secondary N) is 1. The molecule has 0 spiro atoms. The van der Waals surface area contributed by atoms with Crippen LogP contribution in [0.1, 0.15) is 48.1 Å². The average Bonchev–Trinajstić information content (AvgIpc) is 2.71. The summed E-state index contributed by atoms with van der Waals surface area (Å²) < 4.78 is 6.18. The Morgan fingerprint density at radius 2 is 1.97 bits per heavy atom. The molecule has 2 heterocycles. The summed E-state index contributed by atoms with van der Waals surface area (Å²) in [5.41, 5.74) is 4.67. The summed E-state index contributed by atoms with van der Waals surface area (Å²) in [4.78, 5) is 22.8. The normalized spacial score (nSPS) is 15.6. The molecule has 0 aliphatic carbocycles. The third kappa shape index (κ3) is 6.25. The molecule has 2 N–H and O–H groups in total. The first-order chi connectivity index (χ1) is 14.6. The number of nitrogens with zero attached hydrogens (tertiary/aromatic N) is 3. The van der Waals surface area contributed by atoms with Crippen LogP contribution in [-0.4, -0.2) is 58.6 Å². The molecule has 3 rings (SSSR count). The second-order valence-electron chi connectivity index (χ2n) is 8.21. The van der Waals surface area contributed by atoms with E-state index >= 15 is 0 Å². The average molecular weight is 491 g/mol. The molecule has 166 valence electrons. The Kier molecular flexibility index (Phi) is 7.30. The standard InChI is InChI=1S/C22H27BrN4O4/c1-14-5-6-15(13-16(14)23)19(26-31-22(2,3)4)20-18(28)8-7-17(24-20)21(29)25-27-9-11-30-12-10-27/h5-8,13,28H,9-12H2,1-4H3,(H,25,29)/b26-19-. The lowest BCUT2D eigenvalue weighted by molar-refractivity contribution is 0.00108. The topological polar surface area (TPSA) is 96.3 Å². The summed E-state index contributed by atoms with van der Waals surface area (Å²) in [5, 5.41) is 16.6. The third-order valence-electron chi connectivity index (χ3n) is 4.46. The van der Waals surface area contributed by atoms with E-state index in [1.807, 2.05) is 45.9 Å². The minimum atomic E-state index is -0.548. The molecule has 1 aromatic heterocycles. The fraction of sp³-hybridized carbons (Fsp3) is 0.409. The molecule has 0 atom stereocenters. The molecule has 0 bridgehead atoms. The second-order valence-corrected chi connectivity index (χ2v) is 9.07. The zero-order chi connectivity index (χ0) is 22.6. The van der Waals surface area contributed by atoms with Crippen molar-refractivity contribution in [3.05, 3.63) is 57.3 Å². The van der Waals surface area contributed by atoms with Gasteiger partial charge in [0, 0.05) is 23.1 Å². The van der Waals surface area contributed by atoms with Crippen LogP contribution in [0.5, 0.6) is 5.75 Å². The highest BCUT2D eigenvalue weighted by Gasteiger charge is 2.21. The van der Waals surface area contributed by atoms with E-state index in [-0.39, 0.29) is 23.0 Å². The van der Waals surface area contributed by atoms with Crippen molar-refractivity contribution in [2.75, 3.05) is 26.3 Å². The highest BCUT2D eigenvalue weighted by molar-refractivity contribution is 9.10. The summed E-state index contributed by atoms with van der Waals surface area (Å²) in [5.74, 6) is -0.472. The highest BCUT2D eigenvalue weighted by atomic mass is 79.9. The Labute approximate surface area is 190 Å². The van der Waals surface area contributed by atoms with Crippen LogP contribution in [0.25, 0.3) is 0 Å². The van der Waals surface area contributed by atoms with Gasteiger partial charge in [-0.1, -0.05) is 33.2 Å². The summed E-state index contributed by atoms with van der Waals surface area (Å²) in [7, 11) is 0. The van der Waals surface area contributed by atoms with Gasteiger partial charge in [0.25, 0.3) is 5.91 Å². The van der Waals surface area contributed by atoms with Gasteiger partial charge in [-0.3, -0.25) is 10.2 Å². The Morgan fingerprint density at radius 1 is 1.26 bits per heavy atom. The molecule has 1 amide bonds. The van der Waals surface area contributed by atoms with Crippen molar-refractivity contribution in [1.29, 1.82) is 0 Å². The Balaban J connectivity index is 1.98. The van der Waals surface area contributed by atoms with Gasteiger partial charge in [0.15, 0.2) is 0 Å². The van der Waals surface area contributed by atoms with Crippen LogP contribution in [-0.2, 0) is 9.57 Å². The van der Waals surface area contributed by atoms with Crippen molar-refractivity contribution < 1.29 is 19.5 Å². The Morgan fingerprint density at radius 3 is 2.61 bits per heavy atom. The van der Waals surface area contributed by atoms with E-state index in [1.165, 1.54) is 12.1 Å². The van der Waals surface area contributed by atoms with Crippen LogP contribution >= 0.6 is 15.9 Å². The van der Waals surface area contributed by atoms with Gasteiger partial charge in [0.05, 0.1) is 13.2 Å². The number of halogens is 1. The summed E-state index contributed by atoms with van der Waals surface area (Å²) in [6.07, 6.45) is 0. The molecule has 1 aromatic carbocycles. The smallest absolute Gasteiger partial charge is 0.284 e. The van der Waals surface area contributed by atoms with E-state index in [2.05, 4.69) is 31.5 Å². The number of carbonyl (C=O) groups is 1. The fourth-order valence-electron chi connectivity index (χ4n) is 2.78. The SMILES string of the molecule is Cc1ccc(/C(=N/OC(C)(C)C)c2nc(C(=O)NN3CCOCC3)ccc2O)cc1Br. The van der Waals surface area contributed by atoms with Crippen LogP contribution in [0.15, 0.2) is 40.0 Å². The van der Waals surface area contributed by atoms with Crippen LogP contribution in [0, 0.1) is 6.92 Å². The number of morpholine rings is 1. The number of aromatic hydroxyl groups is 1. The van der Waals surface area contributed by atoms with Crippen molar-refractivity contribution in [1.82, 2.24) is 15.4 Å². The van der Waals surface area contributed by atoms with Crippen LogP contribution in [0.4, 0.5) is 0 Å². The van der Waals surface area contributed by atoms with Crippen molar-refractivity contribution in [2.45, 2.75) is 33.3 Å². The lowest BCUT2D eigenvalue weighted by Crippen LogP contribution is -2.48. The third-order valence-corrected chi connectivity index (χ3v) is 5.31. The molecule has 1 saturated heterocycles. The first-order valence-corrected chi connectivity index (χ1v) is 10.8. The maximum Gasteiger partial charge on any atom is 0.284 e. The van der Waals surface area contributed by atoms with Crippen LogP contribution in [0.3, 0.4) is 0 Å². The van der Waals surface area contributed by atoms with Crippen LogP contribution < -0.4 is 5.43 Å². The number of hydrazine groups is 1. The number of oxime groups is 1. The van der Waals surface area contributed by atoms with Gasteiger partial charge >= 0.3 is 0 Å². The monoisotopic (exact) mass is 490 g/mol. The van der Waals surface area contributed by atoms with E-state index in [0.29, 0.717) is 37.6 Å². The van der Waals surface area contributed by atoms with Crippen molar-refractivity contribution in [3.63, 3.8) is 0 Å². The minimum absolute atomic E-state index is 0.101. The fourth-order valence-corrected chi connectivity index (χ4v) is 3.16. The molecular formula is C22H27BrN4O4. The molecule has 1 aliphatic rings. The summed E-state index contributed by atoms with van der Waals surface area (Å²) >= 11 is 3.53. The Hall–Kier alpha value is -2.49. The van der Waals surface area contributed by atoms with E-state index in [4.69, 9.17) is 9.57 Å². The predicted molar refractivity (Wildman–Crippen MR) is 121 cm³/mol. The largest absolute Gasteiger partial charge is 0.506 e. The van der Waals surface area contributed by atoms with Crippen LogP contribution in [0.2, 0.25) is 0 Å². The lowest BCUT2D eigenvalue weighted by atomic mass is 10.0. The van der Waals surface area contributed by atoms with Gasteiger partial charge in [0.1, 0.15) is 28.5 Å². The van der Waals surface area contributed by atoms with E-state index in [9.17, 15) is 9.90 Å². The molecule has 2 aromatic rings. The summed E-state index contributed by atoms with van der Waals surface area (Å²) in [6.45, 7) is 9.90. The van der Waals surface area contributed by atoms with Gasteiger partial charge in [-0.2, -0.15) is 0 Å². The maximum atomic E-state index is 12.7. The molecular weight excluding hydrogens is 464 g/mol. The number of aryl methyl sites for hydroxylation is 1. The number of hydrogen-bond donors (Lipinski definition) is 2. The second kappa shape index (κ2) is 9.76. The molecule has 0 saturated carbocycles. The zero-order valence-electron chi connectivity index (χ0n) is 18.1. The van der Waals surface area contributed by atoms with Crippen molar-refractivity contribution in [2.24, 2.45) is 5.16 Å². The van der Waals surface area contributed by atoms with E-state index in [0.717, 1.165) is 10.0 Å². The zero-order valence-corrected chi connectivity index (χ0v) is 19.7. The molecule has 0 unspecified atom stereocenters. The van der Waals surface area contributed by atoms with E-state index in [1.54, 1.807) is 5.01 Å². The molecule has 9 heteroatoms. The van der Waals surface area contributed by atoms with Gasteiger partial charge in [-0.15, -0.1) is 0 Å². The number of hydrogen-bond acceptors (Lipinski definition) is 7. The van der Waals surface area contributed by atoms with Gasteiger partial charge in [0.2, 0.25) is 0 Å². The van der Waals surface area contributed by atoms with Crippen molar-refractivity contribution >= 4 is 27.5 Å². The van der Waals surface area contributed by atoms with Gasteiger partial charge in [-0.05, 0) is 51.5 Å². The first kappa shape index (κ1) is 23.2. The van der Waals surface area contributed by atoms with Gasteiger partial charge < -0.3 is 14.7 Å². The number of ether oxygens (including phenoxy) is 1. The highest BCUT2D eigenvalue weighted by Crippen LogP contribution is 2.25. The minimum Gasteiger partial charge on any atom is -0.506 e. The quantitative estimate of drug-likeness (QED) is 0.492. The predicted octanol–water partition coefficient (Wildman–Crippen LogP) is 3.40. The number of carbonyl (C=O) groups excluding carboxylic acids is 1. The molecule has 1 aliphatic heterocycles. The maximum absolute atomic E-state index is 12.7. The van der Waals surface area contributed by atoms with Gasteiger partial charge in [-0.25, -0.2) is 9.99 Å². The molecule has 1 fully saturated rings. The number of rotatable bonds is 5. The molecule has 8 nitrogen and oxygen atoms in total. The number of pyridine rings is 1. The van der Waals surface area contributed by atoms with Crippen molar-refractivity contribution in [3.8, 4) is 5.75 Å². The number of amides is 1. The first-order valence-electron chi connectivity index (χ1n) is 10.0.